The summed E-state index contributed by atoms with van der Waals surface area (Å²) in [7, 11) is 0. The predicted molar refractivity (Wildman–Crippen MR) is 89.0 cm³/mol. The molecular formula is C17H28FN3O2. The Bertz CT molecular complexity index is 476. The van der Waals surface area contributed by atoms with Gasteiger partial charge in [-0.2, -0.15) is 0 Å². The molecule has 130 valence electrons. The summed E-state index contributed by atoms with van der Waals surface area (Å²) in [5, 5.41) is 10.3. The molecular weight excluding hydrogens is 297 g/mol. The number of aliphatic hydroxyl groups is 1. The maximum Gasteiger partial charge on any atom is 0.237 e. The first-order valence-electron chi connectivity index (χ1n) is 7.90. The van der Waals surface area contributed by atoms with Crippen molar-refractivity contribution in [2.75, 3.05) is 0 Å². The number of hydrogen-bond donors (Lipinski definition) is 4. The summed E-state index contributed by atoms with van der Waals surface area (Å²) in [5.41, 5.74) is 7.76. The van der Waals surface area contributed by atoms with Gasteiger partial charge in [0, 0.05) is 12.0 Å². The highest BCUT2D eigenvalue weighted by Crippen LogP contribution is 2.23. The third kappa shape index (κ3) is 7.54. The van der Waals surface area contributed by atoms with Gasteiger partial charge in [-0.05, 0) is 45.1 Å². The number of amides is 1. The van der Waals surface area contributed by atoms with E-state index in [1.54, 1.807) is 0 Å². The Balaban J connectivity index is 2.60. The number of hydrazine groups is 1. The number of carbonyl (C=O) groups excluding carboxylic acids is 1. The molecule has 1 aromatic rings. The fourth-order valence-corrected chi connectivity index (χ4v) is 2.48. The second kappa shape index (κ2) is 8.96. The molecule has 0 radical (unpaired) electrons. The average Bonchev–Trinajstić information content (AvgIpc) is 2.50. The van der Waals surface area contributed by atoms with Crippen LogP contribution in [0.3, 0.4) is 0 Å². The van der Waals surface area contributed by atoms with E-state index < -0.39 is 29.6 Å². The zero-order valence-corrected chi connectivity index (χ0v) is 13.8. The molecule has 0 aromatic heterocycles. The molecule has 0 fully saturated rings. The quantitative estimate of drug-likeness (QED) is 0.313. The highest BCUT2D eigenvalue weighted by atomic mass is 19.1. The van der Waals surface area contributed by atoms with Crippen molar-refractivity contribution >= 4 is 5.91 Å². The molecule has 0 aliphatic heterocycles. The molecule has 0 aliphatic carbocycles. The molecule has 0 saturated heterocycles. The van der Waals surface area contributed by atoms with Gasteiger partial charge < -0.3 is 10.8 Å². The lowest BCUT2D eigenvalue weighted by Gasteiger charge is -2.25. The molecule has 3 atom stereocenters. The van der Waals surface area contributed by atoms with Gasteiger partial charge >= 0.3 is 0 Å². The zero-order chi connectivity index (χ0) is 17.5. The van der Waals surface area contributed by atoms with Gasteiger partial charge in [-0.3, -0.25) is 10.2 Å². The molecule has 0 aliphatic rings. The van der Waals surface area contributed by atoms with Crippen molar-refractivity contribution in [3.63, 3.8) is 0 Å². The standard InChI is InChI=1S/C17H28FN3O2/c1-17(2,18)9-8-13(16(23)21-20)11-15(22)14(19)10-12-6-4-3-5-7-12/h3-7,13-15,22H,8-11,19-20H2,1-2H3,(H,21,23)/t13-,14+,15+/m1/s1. The van der Waals surface area contributed by atoms with E-state index >= 15 is 0 Å². The van der Waals surface area contributed by atoms with Crippen LogP contribution in [-0.2, 0) is 11.2 Å². The van der Waals surface area contributed by atoms with Crippen LogP contribution in [0.15, 0.2) is 30.3 Å². The van der Waals surface area contributed by atoms with Crippen LogP contribution in [-0.4, -0.2) is 28.8 Å². The summed E-state index contributed by atoms with van der Waals surface area (Å²) >= 11 is 0. The van der Waals surface area contributed by atoms with Crippen molar-refractivity contribution in [1.29, 1.82) is 0 Å². The smallest absolute Gasteiger partial charge is 0.237 e. The van der Waals surface area contributed by atoms with Crippen molar-refractivity contribution in [3.8, 4) is 0 Å². The number of aliphatic hydroxyl groups excluding tert-OH is 1. The largest absolute Gasteiger partial charge is 0.391 e. The third-order valence-corrected chi connectivity index (χ3v) is 3.93. The highest BCUT2D eigenvalue weighted by molar-refractivity contribution is 5.77. The molecule has 0 spiro atoms. The minimum Gasteiger partial charge on any atom is -0.391 e. The van der Waals surface area contributed by atoms with Crippen LogP contribution in [0.5, 0.6) is 0 Å². The molecule has 1 aromatic carbocycles. The molecule has 0 heterocycles. The maximum atomic E-state index is 13.7. The first-order chi connectivity index (χ1) is 10.7. The van der Waals surface area contributed by atoms with Gasteiger partial charge in [0.05, 0.1) is 6.10 Å². The van der Waals surface area contributed by atoms with E-state index in [9.17, 15) is 14.3 Å². The summed E-state index contributed by atoms with van der Waals surface area (Å²) in [5.74, 6) is 4.22. The number of hydrogen-bond acceptors (Lipinski definition) is 4. The monoisotopic (exact) mass is 325 g/mol. The molecule has 0 bridgehead atoms. The Labute approximate surface area is 137 Å². The van der Waals surface area contributed by atoms with Crippen LogP contribution in [0.4, 0.5) is 4.39 Å². The van der Waals surface area contributed by atoms with Crippen LogP contribution < -0.4 is 17.0 Å². The first-order valence-corrected chi connectivity index (χ1v) is 7.90. The lowest BCUT2D eigenvalue weighted by molar-refractivity contribution is -0.126. The number of halogens is 1. The summed E-state index contributed by atoms with van der Waals surface area (Å²) in [6.45, 7) is 2.92. The molecule has 1 rings (SSSR count). The van der Waals surface area contributed by atoms with Gasteiger partial charge in [-0.15, -0.1) is 0 Å². The number of benzene rings is 1. The van der Waals surface area contributed by atoms with Crippen molar-refractivity contribution in [2.24, 2.45) is 17.5 Å². The van der Waals surface area contributed by atoms with Crippen molar-refractivity contribution < 1.29 is 14.3 Å². The summed E-state index contributed by atoms with van der Waals surface area (Å²) in [6, 6.07) is 9.09. The predicted octanol–water partition coefficient (Wildman–Crippen LogP) is 1.44. The molecule has 23 heavy (non-hydrogen) atoms. The number of alkyl halides is 1. The summed E-state index contributed by atoms with van der Waals surface area (Å²) in [6.07, 6.45) is 0.328. The topological polar surface area (TPSA) is 101 Å². The van der Waals surface area contributed by atoms with Crippen molar-refractivity contribution in [2.45, 2.75) is 57.3 Å². The Hall–Kier alpha value is -1.50. The fraction of sp³-hybridized carbons (Fsp3) is 0.588. The molecule has 0 unspecified atom stereocenters. The normalized spacial score (nSPS) is 15.7. The van der Waals surface area contributed by atoms with E-state index in [0.717, 1.165) is 5.56 Å². The van der Waals surface area contributed by atoms with Gasteiger partial charge in [0.25, 0.3) is 0 Å². The Morgan fingerprint density at radius 3 is 2.48 bits per heavy atom. The Morgan fingerprint density at radius 2 is 1.96 bits per heavy atom. The minimum atomic E-state index is -1.37. The molecule has 0 saturated carbocycles. The van der Waals surface area contributed by atoms with Crippen LogP contribution in [0, 0.1) is 5.92 Å². The highest BCUT2D eigenvalue weighted by Gasteiger charge is 2.27. The van der Waals surface area contributed by atoms with Crippen molar-refractivity contribution in [1.82, 2.24) is 5.43 Å². The Morgan fingerprint density at radius 1 is 1.35 bits per heavy atom. The van der Waals surface area contributed by atoms with Crippen LogP contribution >= 0.6 is 0 Å². The summed E-state index contributed by atoms with van der Waals surface area (Å²) in [4.78, 5) is 11.8. The molecule has 6 heteroatoms. The lowest BCUT2D eigenvalue weighted by atomic mass is 9.88. The fourth-order valence-electron chi connectivity index (χ4n) is 2.48. The van der Waals surface area contributed by atoms with Crippen LogP contribution in [0.1, 0.15) is 38.7 Å². The average molecular weight is 325 g/mol. The van der Waals surface area contributed by atoms with Crippen LogP contribution in [0.2, 0.25) is 0 Å². The Kier molecular flexibility index (Phi) is 7.61. The van der Waals surface area contributed by atoms with Gasteiger partial charge in [0.15, 0.2) is 0 Å². The second-order valence-corrected chi connectivity index (χ2v) is 6.62. The van der Waals surface area contributed by atoms with Gasteiger partial charge in [0.1, 0.15) is 5.67 Å². The number of rotatable bonds is 9. The number of carbonyl (C=O) groups is 1. The van der Waals surface area contributed by atoms with Crippen LogP contribution in [0.25, 0.3) is 0 Å². The third-order valence-electron chi connectivity index (χ3n) is 3.93. The van der Waals surface area contributed by atoms with E-state index in [4.69, 9.17) is 11.6 Å². The number of nitrogens with one attached hydrogen (secondary N) is 1. The molecule has 6 N–H and O–H groups in total. The summed E-state index contributed by atoms with van der Waals surface area (Å²) < 4.78 is 13.7. The molecule has 5 nitrogen and oxygen atoms in total. The van der Waals surface area contributed by atoms with E-state index in [2.05, 4.69) is 5.43 Å². The van der Waals surface area contributed by atoms with E-state index in [1.807, 2.05) is 30.3 Å². The van der Waals surface area contributed by atoms with Crippen molar-refractivity contribution in [3.05, 3.63) is 35.9 Å². The van der Waals surface area contributed by atoms with Gasteiger partial charge in [0.2, 0.25) is 5.91 Å². The second-order valence-electron chi connectivity index (χ2n) is 6.62. The first kappa shape index (κ1) is 19.5. The SMILES string of the molecule is CC(C)(F)CC[C@H](C[C@H](O)[C@@H](N)Cc1ccccc1)C(=O)NN. The van der Waals surface area contributed by atoms with E-state index in [-0.39, 0.29) is 12.8 Å². The molecule has 1 amide bonds. The van der Waals surface area contributed by atoms with E-state index in [0.29, 0.717) is 12.8 Å². The van der Waals surface area contributed by atoms with Gasteiger partial charge in [-0.1, -0.05) is 30.3 Å². The van der Waals surface area contributed by atoms with E-state index in [1.165, 1.54) is 13.8 Å². The maximum absolute atomic E-state index is 13.7. The van der Waals surface area contributed by atoms with Gasteiger partial charge in [-0.25, -0.2) is 10.2 Å². The minimum absolute atomic E-state index is 0.160. The number of nitrogens with two attached hydrogens (primary N) is 2. The lowest BCUT2D eigenvalue weighted by Crippen LogP contribution is -2.42. The zero-order valence-electron chi connectivity index (χ0n) is 13.8.